The van der Waals surface area contributed by atoms with E-state index in [1.807, 2.05) is 42.5 Å². The number of nitrogens with zero attached hydrogens (tertiary/aromatic N) is 6. The van der Waals surface area contributed by atoms with Crippen LogP contribution in [0.1, 0.15) is 30.3 Å². The second kappa shape index (κ2) is 10.0. The number of fused-ring (bicyclic) bond motifs is 1. The molecule has 1 saturated heterocycles. The van der Waals surface area contributed by atoms with Gasteiger partial charge in [-0.05, 0) is 50.1 Å². The predicted molar refractivity (Wildman–Crippen MR) is 135 cm³/mol. The van der Waals surface area contributed by atoms with Gasteiger partial charge in [0.15, 0.2) is 11.3 Å². The number of carbonyl (C=O) groups excluding carboxylic acids is 1. The Morgan fingerprint density at radius 1 is 1.17 bits per heavy atom. The molecule has 3 aromatic heterocycles. The standard InChI is InChI=1S/C27H26N6O3/c1-3-36-27(34)22-15-21(19-9-10-23(29-17-19)32-13-11-18(16-28)12-14-32)24-25(30-22)33(31-26(24)35-2)20-7-5-4-6-8-20/h4-10,15,17-18H,3,11-14H2,1-2H3. The van der Waals surface area contributed by atoms with Crippen molar-refractivity contribution >= 4 is 22.8 Å². The van der Waals surface area contributed by atoms with E-state index >= 15 is 0 Å². The highest BCUT2D eigenvalue weighted by Crippen LogP contribution is 2.36. The lowest BCUT2D eigenvalue weighted by Crippen LogP contribution is -2.33. The van der Waals surface area contributed by atoms with E-state index in [9.17, 15) is 4.79 Å². The van der Waals surface area contributed by atoms with E-state index in [0.717, 1.165) is 48.6 Å². The normalized spacial score (nSPS) is 14.0. The lowest BCUT2D eigenvalue weighted by molar-refractivity contribution is 0.0520. The Morgan fingerprint density at radius 2 is 1.94 bits per heavy atom. The molecule has 0 spiro atoms. The molecular formula is C27H26N6O3. The van der Waals surface area contributed by atoms with Gasteiger partial charge < -0.3 is 14.4 Å². The topological polar surface area (TPSA) is 106 Å². The van der Waals surface area contributed by atoms with E-state index in [0.29, 0.717) is 16.9 Å². The number of aromatic nitrogens is 4. The highest BCUT2D eigenvalue weighted by molar-refractivity contribution is 6.01. The van der Waals surface area contributed by atoms with Gasteiger partial charge in [-0.2, -0.15) is 5.26 Å². The summed E-state index contributed by atoms with van der Waals surface area (Å²) in [5.74, 6) is 0.860. The number of benzene rings is 1. The van der Waals surface area contributed by atoms with Crippen LogP contribution in [-0.2, 0) is 4.74 Å². The molecule has 0 bridgehead atoms. The summed E-state index contributed by atoms with van der Waals surface area (Å²) in [5.41, 5.74) is 2.99. The number of hydrogen-bond donors (Lipinski definition) is 0. The Labute approximate surface area is 208 Å². The van der Waals surface area contributed by atoms with Crippen molar-refractivity contribution in [3.63, 3.8) is 0 Å². The van der Waals surface area contributed by atoms with Crippen LogP contribution in [0.25, 0.3) is 27.8 Å². The number of carbonyl (C=O) groups is 1. The maximum Gasteiger partial charge on any atom is 0.357 e. The lowest BCUT2D eigenvalue weighted by Gasteiger charge is -2.30. The number of methoxy groups -OCH3 is 1. The molecule has 36 heavy (non-hydrogen) atoms. The van der Waals surface area contributed by atoms with Gasteiger partial charge in [-0.15, -0.1) is 5.10 Å². The van der Waals surface area contributed by atoms with Gasteiger partial charge >= 0.3 is 5.97 Å². The van der Waals surface area contributed by atoms with Crippen molar-refractivity contribution in [3.05, 3.63) is 60.4 Å². The first-order valence-electron chi connectivity index (χ1n) is 11.9. The molecule has 0 amide bonds. The maximum absolute atomic E-state index is 12.7. The Kier molecular flexibility index (Phi) is 6.50. The van der Waals surface area contributed by atoms with Crippen LogP contribution in [0.2, 0.25) is 0 Å². The summed E-state index contributed by atoms with van der Waals surface area (Å²) in [7, 11) is 1.56. The molecule has 0 aliphatic carbocycles. The summed E-state index contributed by atoms with van der Waals surface area (Å²) in [5, 5.41) is 14.5. The third-order valence-corrected chi connectivity index (χ3v) is 6.34. The number of hydrogen-bond acceptors (Lipinski definition) is 8. The summed E-state index contributed by atoms with van der Waals surface area (Å²) in [4.78, 5) is 24.2. The first-order valence-corrected chi connectivity index (χ1v) is 11.9. The highest BCUT2D eigenvalue weighted by atomic mass is 16.5. The van der Waals surface area contributed by atoms with Gasteiger partial charge in [0.05, 0.1) is 30.9 Å². The zero-order valence-corrected chi connectivity index (χ0v) is 20.2. The van der Waals surface area contributed by atoms with Crippen LogP contribution < -0.4 is 9.64 Å². The van der Waals surface area contributed by atoms with Crippen molar-refractivity contribution < 1.29 is 14.3 Å². The largest absolute Gasteiger partial charge is 0.479 e. The average Bonchev–Trinajstić information content (AvgIpc) is 3.32. The summed E-state index contributed by atoms with van der Waals surface area (Å²) >= 11 is 0. The number of para-hydroxylation sites is 1. The van der Waals surface area contributed by atoms with Gasteiger partial charge in [0, 0.05) is 36.3 Å². The van der Waals surface area contributed by atoms with E-state index in [-0.39, 0.29) is 18.2 Å². The summed E-state index contributed by atoms with van der Waals surface area (Å²) in [6, 6.07) is 17.6. The SMILES string of the molecule is CCOC(=O)c1cc(-c2ccc(N3CCC(C#N)CC3)nc2)c2c(OC)nn(-c3ccccc3)c2n1. The van der Waals surface area contributed by atoms with Crippen molar-refractivity contribution in [3.8, 4) is 28.8 Å². The second-order valence-electron chi connectivity index (χ2n) is 8.53. The van der Waals surface area contributed by atoms with Gasteiger partial charge in [0.1, 0.15) is 5.82 Å². The van der Waals surface area contributed by atoms with Crippen molar-refractivity contribution in [1.29, 1.82) is 5.26 Å². The van der Waals surface area contributed by atoms with E-state index in [2.05, 4.69) is 21.1 Å². The van der Waals surface area contributed by atoms with Gasteiger partial charge in [0.2, 0.25) is 5.88 Å². The van der Waals surface area contributed by atoms with E-state index in [1.165, 1.54) is 0 Å². The highest BCUT2D eigenvalue weighted by Gasteiger charge is 2.24. The molecule has 1 aliphatic rings. The van der Waals surface area contributed by atoms with Gasteiger partial charge in [0.25, 0.3) is 0 Å². The van der Waals surface area contributed by atoms with Gasteiger partial charge in [-0.1, -0.05) is 18.2 Å². The molecule has 0 atom stereocenters. The average molecular weight is 483 g/mol. The second-order valence-corrected chi connectivity index (χ2v) is 8.53. The molecule has 1 fully saturated rings. The Balaban J connectivity index is 1.62. The quantitative estimate of drug-likeness (QED) is 0.372. The molecule has 4 heterocycles. The van der Waals surface area contributed by atoms with Gasteiger partial charge in [-0.3, -0.25) is 0 Å². The van der Waals surface area contributed by atoms with E-state index in [4.69, 9.17) is 19.7 Å². The fourth-order valence-electron chi connectivity index (χ4n) is 4.48. The monoisotopic (exact) mass is 482 g/mol. The molecule has 182 valence electrons. The third-order valence-electron chi connectivity index (χ3n) is 6.34. The zero-order chi connectivity index (χ0) is 25.1. The van der Waals surface area contributed by atoms with Crippen LogP contribution >= 0.6 is 0 Å². The van der Waals surface area contributed by atoms with Crippen molar-refractivity contribution in [2.45, 2.75) is 19.8 Å². The number of nitriles is 1. The Bertz CT molecular complexity index is 1420. The molecule has 5 rings (SSSR count). The minimum absolute atomic E-state index is 0.112. The van der Waals surface area contributed by atoms with Crippen LogP contribution in [0.15, 0.2) is 54.7 Å². The first-order chi connectivity index (χ1) is 17.6. The van der Waals surface area contributed by atoms with Crippen LogP contribution in [0.4, 0.5) is 5.82 Å². The number of piperidine rings is 1. The van der Waals surface area contributed by atoms with Crippen LogP contribution in [0.5, 0.6) is 5.88 Å². The van der Waals surface area contributed by atoms with Crippen molar-refractivity contribution in [2.24, 2.45) is 5.92 Å². The molecule has 1 aliphatic heterocycles. The van der Waals surface area contributed by atoms with Crippen LogP contribution in [0.3, 0.4) is 0 Å². The molecule has 9 heteroatoms. The summed E-state index contributed by atoms with van der Waals surface area (Å²) in [6.07, 6.45) is 3.46. The fourth-order valence-corrected chi connectivity index (χ4v) is 4.48. The first kappa shape index (κ1) is 23.3. The van der Waals surface area contributed by atoms with E-state index in [1.54, 1.807) is 31.0 Å². The van der Waals surface area contributed by atoms with Crippen molar-refractivity contribution in [2.75, 3.05) is 31.7 Å². The Hall–Kier alpha value is -4.45. The zero-order valence-electron chi connectivity index (χ0n) is 20.2. The van der Waals surface area contributed by atoms with Gasteiger partial charge in [-0.25, -0.2) is 19.4 Å². The van der Waals surface area contributed by atoms with Crippen LogP contribution in [-0.4, -0.2) is 52.5 Å². The minimum atomic E-state index is -0.509. The molecule has 0 radical (unpaired) electrons. The lowest BCUT2D eigenvalue weighted by atomic mass is 9.98. The molecule has 4 aromatic rings. The number of anilines is 1. The summed E-state index contributed by atoms with van der Waals surface area (Å²) < 4.78 is 12.6. The number of esters is 1. The molecule has 1 aromatic carbocycles. The molecule has 0 unspecified atom stereocenters. The minimum Gasteiger partial charge on any atom is -0.479 e. The predicted octanol–water partition coefficient (Wildman–Crippen LogP) is 4.41. The molecule has 9 nitrogen and oxygen atoms in total. The van der Waals surface area contributed by atoms with Crippen molar-refractivity contribution in [1.82, 2.24) is 19.7 Å². The smallest absolute Gasteiger partial charge is 0.357 e. The number of rotatable bonds is 6. The van der Waals surface area contributed by atoms with Crippen LogP contribution in [0, 0.1) is 17.2 Å². The molecule has 0 saturated carbocycles. The Morgan fingerprint density at radius 3 is 2.58 bits per heavy atom. The number of ether oxygens (including phenoxy) is 2. The molecular weight excluding hydrogens is 456 g/mol. The number of pyridine rings is 2. The van der Waals surface area contributed by atoms with E-state index < -0.39 is 5.97 Å². The molecule has 0 N–H and O–H groups in total. The third kappa shape index (κ3) is 4.33. The fraction of sp³-hybridized carbons (Fsp3) is 0.296. The summed E-state index contributed by atoms with van der Waals surface area (Å²) in [6.45, 7) is 3.61. The maximum atomic E-state index is 12.7.